The van der Waals surface area contributed by atoms with Crippen molar-refractivity contribution in [3.63, 3.8) is 0 Å². The summed E-state index contributed by atoms with van der Waals surface area (Å²) in [5.41, 5.74) is 6.09. The van der Waals surface area contributed by atoms with E-state index in [-0.39, 0.29) is 23.7 Å². The fourth-order valence-electron chi connectivity index (χ4n) is 1.61. The lowest BCUT2D eigenvalue weighted by molar-refractivity contribution is -0.384. The molecule has 2 rings (SSSR count). The van der Waals surface area contributed by atoms with Gasteiger partial charge in [0, 0.05) is 0 Å². The average molecular weight is 260 g/mol. The lowest BCUT2D eigenvalue weighted by Gasteiger charge is -2.07. The molecule has 98 valence electrons. The van der Waals surface area contributed by atoms with Gasteiger partial charge in [-0.05, 0) is 29.8 Å². The zero-order valence-corrected chi connectivity index (χ0v) is 9.95. The number of nitro benzene ring substituents is 1. The lowest BCUT2D eigenvalue weighted by Crippen LogP contribution is -1.98. The maximum absolute atomic E-state index is 10.9. The maximum atomic E-state index is 10.9. The van der Waals surface area contributed by atoms with Gasteiger partial charge in [0.25, 0.3) is 0 Å². The standard InChI is InChI=1S/C13H12N2O4/c14-11-2-1-3-12(13(11)15(17)18)19-10-6-4-9(8-16)5-7-10/h1-7,16H,8,14H2. The van der Waals surface area contributed by atoms with Crippen LogP contribution in [0.2, 0.25) is 0 Å². The first-order valence-corrected chi connectivity index (χ1v) is 5.52. The Morgan fingerprint density at radius 1 is 1.21 bits per heavy atom. The van der Waals surface area contributed by atoms with Gasteiger partial charge >= 0.3 is 5.69 Å². The summed E-state index contributed by atoms with van der Waals surface area (Å²) in [5.74, 6) is 0.521. The van der Waals surface area contributed by atoms with Crippen LogP contribution in [-0.2, 0) is 6.61 Å². The van der Waals surface area contributed by atoms with E-state index >= 15 is 0 Å². The van der Waals surface area contributed by atoms with E-state index in [1.54, 1.807) is 30.3 Å². The minimum absolute atomic E-state index is 0.0504. The molecule has 0 aliphatic heterocycles. The highest BCUT2D eigenvalue weighted by atomic mass is 16.6. The molecular weight excluding hydrogens is 248 g/mol. The van der Waals surface area contributed by atoms with Gasteiger partial charge in [-0.3, -0.25) is 10.1 Å². The van der Waals surface area contributed by atoms with Gasteiger partial charge in [0.05, 0.1) is 11.5 Å². The number of hydrogen-bond donors (Lipinski definition) is 2. The molecule has 19 heavy (non-hydrogen) atoms. The van der Waals surface area contributed by atoms with Crippen molar-refractivity contribution in [2.75, 3.05) is 5.73 Å². The highest BCUT2D eigenvalue weighted by Gasteiger charge is 2.19. The Bertz CT molecular complexity index is 596. The zero-order valence-electron chi connectivity index (χ0n) is 9.95. The molecule has 0 spiro atoms. The van der Waals surface area contributed by atoms with E-state index in [2.05, 4.69) is 0 Å². The van der Waals surface area contributed by atoms with Crippen LogP contribution in [0.5, 0.6) is 11.5 Å². The second kappa shape index (κ2) is 5.36. The van der Waals surface area contributed by atoms with Crippen LogP contribution >= 0.6 is 0 Å². The number of nitrogen functional groups attached to an aromatic ring is 1. The smallest absolute Gasteiger partial charge is 0.334 e. The predicted octanol–water partition coefficient (Wildman–Crippen LogP) is 2.46. The Balaban J connectivity index is 2.32. The lowest BCUT2D eigenvalue weighted by atomic mass is 10.2. The topological polar surface area (TPSA) is 98.6 Å². The fourth-order valence-corrected chi connectivity index (χ4v) is 1.61. The molecule has 0 fully saturated rings. The summed E-state index contributed by atoms with van der Waals surface area (Å²) in [5, 5.41) is 19.9. The summed E-state index contributed by atoms with van der Waals surface area (Å²) in [7, 11) is 0. The van der Waals surface area contributed by atoms with Crippen LogP contribution in [0.15, 0.2) is 42.5 Å². The summed E-state index contributed by atoms with van der Waals surface area (Å²) in [6.07, 6.45) is 0. The molecule has 0 unspecified atom stereocenters. The van der Waals surface area contributed by atoms with Crippen molar-refractivity contribution in [3.05, 3.63) is 58.1 Å². The number of ether oxygens (including phenoxy) is 1. The van der Waals surface area contributed by atoms with Gasteiger partial charge in [0.2, 0.25) is 5.75 Å². The number of aliphatic hydroxyl groups excluding tert-OH is 1. The summed E-state index contributed by atoms with van der Waals surface area (Å²) in [6.45, 7) is -0.0707. The molecule has 0 bridgehead atoms. The van der Waals surface area contributed by atoms with Gasteiger partial charge in [0.15, 0.2) is 0 Å². The van der Waals surface area contributed by atoms with E-state index in [1.807, 2.05) is 0 Å². The Kier molecular flexibility index (Phi) is 3.63. The molecule has 6 nitrogen and oxygen atoms in total. The quantitative estimate of drug-likeness (QED) is 0.499. The highest BCUT2D eigenvalue weighted by Crippen LogP contribution is 2.35. The van der Waals surface area contributed by atoms with Gasteiger partial charge in [-0.1, -0.05) is 18.2 Å². The van der Waals surface area contributed by atoms with Crippen LogP contribution in [0.4, 0.5) is 11.4 Å². The van der Waals surface area contributed by atoms with Crippen molar-refractivity contribution < 1.29 is 14.8 Å². The molecule has 2 aromatic carbocycles. The Hall–Kier alpha value is -2.60. The third kappa shape index (κ3) is 2.80. The fraction of sp³-hybridized carbons (Fsp3) is 0.0769. The van der Waals surface area contributed by atoms with Crippen LogP contribution < -0.4 is 10.5 Å². The van der Waals surface area contributed by atoms with E-state index in [0.717, 1.165) is 5.56 Å². The molecule has 0 heterocycles. The molecule has 0 atom stereocenters. The van der Waals surface area contributed by atoms with E-state index in [0.29, 0.717) is 5.75 Å². The van der Waals surface area contributed by atoms with Crippen LogP contribution in [-0.4, -0.2) is 10.0 Å². The molecule has 0 aliphatic rings. The number of aliphatic hydroxyl groups is 1. The van der Waals surface area contributed by atoms with Gasteiger partial charge in [-0.15, -0.1) is 0 Å². The first kappa shape index (κ1) is 12.8. The summed E-state index contributed by atoms with van der Waals surface area (Å²) < 4.78 is 5.45. The number of para-hydroxylation sites is 1. The summed E-state index contributed by atoms with van der Waals surface area (Å²) >= 11 is 0. The molecular formula is C13H12N2O4. The van der Waals surface area contributed by atoms with E-state index in [4.69, 9.17) is 15.6 Å². The number of benzene rings is 2. The maximum Gasteiger partial charge on any atom is 0.334 e. The number of nitrogens with zero attached hydrogens (tertiary/aromatic N) is 1. The molecule has 3 N–H and O–H groups in total. The van der Waals surface area contributed by atoms with E-state index in [1.165, 1.54) is 12.1 Å². The molecule has 6 heteroatoms. The van der Waals surface area contributed by atoms with E-state index < -0.39 is 4.92 Å². The van der Waals surface area contributed by atoms with Crippen molar-refractivity contribution in [2.45, 2.75) is 6.61 Å². The molecule has 0 saturated carbocycles. The van der Waals surface area contributed by atoms with Crippen molar-refractivity contribution in [1.82, 2.24) is 0 Å². The van der Waals surface area contributed by atoms with E-state index in [9.17, 15) is 10.1 Å². The van der Waals surface area contributed by atoms with Crippen LogP contribution in [0.25, 0.3) is 0 Å². The predicted molar refractivity (Wildman–Crippen MR) is 69.9 cm³/mol. The number of nitro groups is 1. The number of rotatable bonds is 4. The largest absolute Gasteiger partial charge is 0.450 e. The molecule has 0 aliphatic carbocycles. The van der Waals surface area contributed by atoms with Gasteiger partial charge in [-0.2, -0.15) is 0 Å². The van der Waals surface area contributed by atoms with Gasteiger partial charge < -0.3 is 15.6 Å². The monoisotopic (exact) mass is 260 g/mol. The molecule has 0 aromatic heterocycles. The minimum atomic E-state index is -0.577. The third-order valence-electron chi connectivity index (χ3n) is 2.55. The first-order chi connectivity index (χ1) is 9.11. The summed E-state index contributed by atoms with van der Waals surface area (Å²) in [4.78, 5) is 10.4. The zero-order chi connectivity index (χ0) is 13.8. The van der Waals surface area contributed by atoms with Crippen molar-refractivity contribution in [3.8, 4) is 11.5 Å². The highest BCUT2D eigenvalue weighted by molar-refractivity contribution is 5.66. The summed E-state index contributed by atoms with van der Waals surface area (Å²) in [6, 6.07) is 11.1. The van der Waals surface area contributed by atoms with Crippen molar-refractivity contribution >= 4 is 11.4 Å². The SMILES string of the molecule is Nc1cccc(Oc2ccc(CO)cc2)c1[N+](=O)[O-]. The van der Waals surface area contributed by atoms with Crippen LogP contribution in [0.3, 0.4) is 0 Å². The third-order valence-corrected chi connectivity index (χ3v) is 2.55. The Labute approximate surface area is 109 Å². The normalized spacial score (nSPS) is 10.2. The van der Waals surface area contributed by atoms with Crippen molar-refractivity contribution in [2.24, 2.45) is 0 Å². The Morgan fingerprint density at radius 2 is 1.89 bits per heavy atom. The van der Waals surface area contributed by atoms with Gasteiger partial charge in [0.1, 0.15) is 11.4 Å². The minimum Gasteiger partial charge on any atom is -0.450 e. The molecule has 0 radical (unpaired) electrons. The number of nitrogens with two attached hydrogens (primary N) is 1. The first-order valence-electron chi connectivity index (χ1n) is 5.52. The second-order valence-electron chi connectivity index (χ2n) is 3.86. The average Bonchev–Trinajstić information content (AvgIpc) is 2.39. The van der Waals surface area contributed by atoms with Crippen LogP contribution in [0, 0.1) is 10.1 Å². The number of hydrogen-bond acceptors (Lipinski definition) is 5. The van der Waals surface area contributed by atoms with Crippen molar-refractivity contribution in [1.29, 1.82) is 0 Å². The second-order valence-corrected chi connectivity index (χ2v) is 3.86. The Morgan fingerprint density at radius 3 is 2.47 bits per heavy atom. The van der Waals surface area contributed by atoms with Crippen LogP contribution in [0.1, 0.15) is 5.56 Å². The molecule has 0 amide bonds. The van der Waals surface area contributed by atoms with Gasteiger partial charge in [-0.25, -0.2) is 0 Å². The number of anilines is 1. The molecule has 2 aromatic rings. The molecule has 0 saturated heterocycles.